The lowest BCUT2D eigenvalue weighted by Gasteiger charge is -2.32. The van der Waals surface area contributed by atoms with Crippen molar-refractivity contribution in [2.75, 3.05) is 20.1 Å². The van der Waals surface area contributed by atoms with Crippen LogP contribution in [0.25, 0.3) is 10.2 Å². The predicted octanol–water partition coefficient (Wildman–Crippen LogP) is 3.84. The van der Waals surface area contributed by atoms with Crippen molar-refractivity contribution in [3.63, 3.8) is 0 Å². The highest BCUT2D eigenvalue weighted by Crippen LogP contribution is 2.33. The minimum Gasteiger partial charge on any atom is -0.338 e. The van der Waals surface area contributed by atoms with Crippen molar-refractivity contribution < 1.29 is 13.2 Å². The highest BCUT2D eigenvalue weighted by molar-refractivity contribution is 7.89. The second kappa shape index (κ2) is 8.09. The third kappa shape index (κ3) is 3.87. The zero-order valence-electron chi connectivity index (χ0n) is 17.3. The topological polar surface area (TPSA) is 79.4 Å². The maximum atomic E-state index is 13.3. The molecule has 2 aromatic carbocycles. The van der Waals surface area contributed by atoms with Crippen LogP contribution in [-0.4, -0.2) is 44.3 Å². The van der Waals surface area contributed by atoms with Gasteiger partial charge in [-0.05, 0) is 69.1 Å². The summed E-state index contributed by atoms with van der Waals surface area (Å²) in [6, 6.07) is 11.4. The minimum absolute atomic E-state index is 0.128. The normalized spacial score (nSPS) is 17.4. The quantitative estimate of drug-likeness (QED) is 0.664. The number of piperidine rings is 1. The summed E-state index contributed by atoms with van der Waals surface area (Å²) in [5.74, 6) is 0.0728. The van der Waals surface area contributed by atoms with Crippen LogP contribution in [0.5, 0.6) is 0 Å². The van der Waals surface area contributed by atoms with E-state index in [9.17, 15) is 13.2 Å². The van der Waals surface area contributed by atoms with Crippen LogP contribution >= 0.6 is 11.3 Å². The van der Waals surface area contributed by atoms with Gasteiger partial charge in [0.15, 0.2) is 0 Å². The SMILES string of the molecule is CNS(=O)(=O)c1cc(C(=O)N2CCCC(c3nc4ccccc4s3)C2)cc(C)c1C. The highest BCUT2D eigenvalue weighted by Gasteiger charge is 2.29. The van der Waals surface area contributed by atoms with E-state index in [0.717, 1.165) is 33.6 Å². The zero-order chi connectivity index (χ0) is 21.5. The average Bonchev–Trinajstić information content (AvgIpc) is 3.19. The van der Waals surface area contributed by atoms with E-state index >= 15 is 0 Å². The van der Waals surface area contributed by atoms with E-state index in [1.807, 2.05) is 30.0 Å². The Kier molecular flexibility index (Phi) is 5.65. The van der Waals surface area contributed by atoms with Gasteiger partial charge in [0.05, 0.1) is 20.1 Å². The molecule has 0 saturated carbocycles. The second-order valence-corrected chi connectivity index (χ2v) is 10.7. The smallest absolute Gasteiger partial charge is 0.253 e. The van der Waals surface area contributed by atoms with Crippen molar-refractivity contribution in [1.29, 1.82) is 0 Å². The molecule has 1 fully saturated rings. The summed E-state index contributed by atoms with van der Waals surface area (Å²) in [4.78, 5) is 20.0. The van der Waals surface area contributed by atoms with Crippen LogP contribution in [-0.2, 0) is 10.0 Å². The van der Waals surface area contributed by atoms with Crippen LogP contribution in [0.2, 0.25) is 0 Å². The lowest BCUT2D eigenvalue weighted by atomic mass is 9.97. The van der Waals surface area contributed by atoms with Crippen molar-refractivity contribution in [3.8, 4) is 0 Å². The number of hydrogen-bond donors (Lipinski definition) is 1. The first-order chi connectivity index (χ1) is 14.3. The summed E-state index contributed by atoms with van der Waals surface area (Å²) in [5.41, 5.74) is 2.86. The molecule has 1 saturated heterocycles. The monoisotopic (exact) mass is 443 g/mol. The maximum absolute atomic E-state index is 13.3. The van der Waals surface area contributed by atoms with E-state index in [4.69, 9.17) is 4.98 Å². The third-order valence-electron chi connectivity index (χ3n) is 5.79. The molecule has 3 aromatic rings. The number of likely N-dealkylation sites (tertiary alicyclic amines) is 1. The largest absolute Gasteiger partial charge is 0.338 e. The number of thiazole rings is 1. The fraction of sp³-hybridized carbons (Fsp3) is 0.364. The molecule has 0 radical (unpaired) electrons. The molecule has 0 aliphatic carbocycles. The molecule has 4 rings (SSSR count). The highest BCUT2D eigenvalue weighted by atomic mass is 32.2. The molecule has 0 bridgehead atoms. The molecule has 30 heavy (non-hydrogen) atoms. The Labute approximate surface area is 181 Å². The third-order valence-corrected chi connectivity index (χ3v) is 8.53. The van der Waals surface area contributed by atoms with Crippen molar-refractivity contribution in [2.45, 2.75) is 37.5 Å². The molecule has 1 unspecified atom stereocenters. The van der Waals surface area contributed by atoms with Gasteiger partial charge >= 0.3 is 0 Å². The van der Waals surface area contributed by atoms with Gasteiger partial charge in [0.2, 0.25) is 10.0 Å². The Morgan fingerprint density at radius 3 is 2.73 bits per heavy atom. The first kappa shape index (κ1) is 21.0. The van der Waals surface area contributed by atoms with Crippen LogP contribution in [0.15, 0.2) is 41.3 Å². The zero-order valence-corrected chi connectivity index (χ0v) is 18.9. The molecule has 0 spiro atoms. The average molecular weight is 444 g/mol. The number of sulfonamides is 1. The number of carbonyl (C=O) groups excluding carboxylic acids is 1. The molecule has 8 heteroatoms. The Balaban J connectivity index is 1.62. The number of aryl methyl sites for hydroxylation is 1. The molecule has 1 N–H and O–H groups in total. The van der Waals surface area contributed by atoms with E-state index in [0.29, 0.717) is 24.2 Å². The minimum atomic E-state index is -3.64. The number of nitrogens with one attached hydrogen (secondary N) is 1. The molecule has 1 aliphatic rings. The van der Waals surface area contributed by atoms with Gasteiger partial charge in [-0.15, -0.1) is 11.3 Å². The summed E-state index contributed by atoms with van der Waals surface area (Å²) in [6.07, 6.45) is 1.90. The Morgan fingerprint density at radius 1 is 1.23 bits per heavy atom. The number of rotatable bonds is 4. The van der Waals surface area contributed by atoms with Crippen molar-refractivity contribution in [1.82, 2.24) is 14.6 Å². The molecule has 1 aromatic heterocycles. The van der Waals surface area contributed by atoms with Crippen LogP contribution in [0.4, 0.5) is 0 Å². The number of aromatic nitrogens is 1. The Bertz CT molecular complexity index is 1180. The van der Waals surface area contributed by atoms with Gasteiger partial charge in [0.1, 0.15) is 0 Å². The molecule has 1 aliphatic heterocycles. The number of carbonyl (C=O) groups is 1. The fourth-order valence-electron chi connectivity index (χ4n) is 3.95. The molecule has 1 atom stereocenters. The fourth-order valence-corrected chi connectivity index (χ4v) is 6.11. The van der Waals surface area contributed by atoms with Gasteiger partial charge < -0.3 is 4.90 Å². The van der Waals surface area contributed by atoms with Crippen molar-refractivity contribution >= 4 is 37.5 Å². The number of para-hydroxylation sites is 1. The lowest BCUT2D eigenvalue weighted by molar-refractivity contribution is 0.0706. The number of benzene rings is 2. The molecule has 1 amide bonds. The number of amides is 1. The van der Waals surface area contributed by atoms with E-state index < -0.39 is 10.0 Å². The summed E-state index contributed by atoms with van der Waals surface area (Å²) >= 11 is 1.69. The lowest BCUT2D eigenvalue weighted by Crippen LogP contribution is -2.39. The van der Waals surface area contributed by atoms with Gasteiger partial charge in [-0.25, -0.2) is 18.1 Å². The van der Waals surface area contributed by atoms with Gasteiger partial charge in [-0.1, -0.05) is 12.1 Å². The summed E-state index contributed by atoms with van der Waals surface area (Å²) in [5, 5.41) is 1.06. The van der Waals surface area contributed by atoms with Crippen LogP contribution in [0.3, 0.4) is 0 Å². The van der Waals surface area contributed by atoms with E-state index in [2.05, 4.69) is 10.8 Å². The standard InChI is InChI=1S/C22H25N3O3S2/c1-14-11-17(12-20(15(14)2)30(27,28)23-3)22(26)25-10-6-7-16(13-25)21-24-18-8-4-5-9-19(18)29-21/h4-5,8-9,11-12,16,23H,6-7,10,13H2,1-3H3. The summed E-state index contributed by atoms with van der Waals surface area (Å²) in [7, 11) is -2.25. The van der Waals surface area contributed by atoms with E-state index in [1.165, 1.54) is 13.1 Å². The van der Waals surface area contributed by atoms with Gasteiger partial charge in [0.25, 0.3) is 5.91 Å². The van der Waals surface area contributed by atoms with E-state index in [1.54, 1.807) is 24.3 Å². The molecular weight excluding hydrogens is 418 g/mol. The number of hydrogen-bond acceptors (Lipinski definition) is 5. The predicted molar refractivity (Wildman–Crippen MR) is 120 cm³/mol. The number of fused-ring (bicyclic) bond motifs is 1. The molecule has 6 nitrogen and oxygen atoms in total. The summed E-state index contributed by atoms with van der Waals surface area (Å²) < 4.78 is 28.3. The Hall–Kier alpha value is -2.29. The van der Waals surface area contributed by atoms with Crippen LogP contribution in [0.1, 0.15) is 45.3 Å². The van der Waals surface area contributed by atoms with Crippen molar-refractivity contribution in [3.05, 3.63) is 58.1 Å². The number of nitrogens with zero attached hydrogens (tertiary/aromatic N) is 2. The first-order valence-corrected chi connectivity index (χ1v) is 12.3. The van der Waals surface area contributed by atoms with Crippen LogP contribution < -0.4 is 4.72 Å². The van der Waals surface area contributed by atoms with Gasteiger partial charge in [0, 0.05) is 24.6 Å². The first-order valence-electron chi connectivity index (χ1n) is 9.99. The maximum Gasteiger partial charge on any atom is 0.253 e. The summed E-state index contributed by atoms with van der Waals surface area (Å²) in [6.45, 7) is 4.86. The van der Waals surface area contributed by atoms with Gasteiger partial charge in [-0.2, -0.15) is 0 Å². The van der Waals surface area contributed by atoms with Crippen LogP contribution in [0, 0.1) is 13.8 Å². The molecule has 158 valence electrons. The molecular formula is C22H25N3O3S2. The molecule has 2 heterocycles. The Morgan fingerprint density at radius 2 is 2.00 bits per heavy atom. The van der Waals surface area contributed by atoms with Crippen molar-refractivity contribution in [2.24, 2.45) is 0 Å². The second-order valence-electron chi connectivity index (χ2n) is 7.73. The van der Waals surface area contributed by atoms with E-state index in [-0.39, 0.29) is 16.7 Å². The van der Waals surface area contributed by atoms with Gasteiger partial charge in [-0.3, -0.25) is 4.79 Å².